The molecule has 0 unspecified atom stereocenters. The van der Waals surface area contributed by atoms with Gasteiger partial charge in [0.2, 0.25) is 10.0 Å². The fourth-order valence-electron chi connectivity index (χ4n) is 1.96. The second-order valence-electron chi connectivity index (χ2n) is 4.67. The number of carbonyl (C=O) groups is 1. The Balaban J connectivity index is 2.96. The van der Waals surface area contributed by atoms with E-state index in [1.165, 1.54) is 0 Å². The molecular weight excluding hydrogens is 339 g/mol. The number of rotatable bonds is 5. The smallest absolute Gasteiger partial charge is 0.402 e. The monoisotopic (exact) mass is 353 g/mol. The molecule has 1 fully saturated rings. The number of sulfonamides is 1. The lowest BCUT2D eigenvalue weighted by Crippen LogP contribution is -2.48. The van der Waals surface area contributed by atoms with Gasteiger partial charge in [-0.2, -0.15) is 17.5 Å². The molecule has 1 rings (SSSR count). The SMILES string of the molecule is O=C(O)CN(CC(F)(F)F)S(=O)(=O)C1CCS(=O)(=O)CC1. The van der Waals surface area contributed by atoms with Crippen molar-refractivity contribution in [3.8, 4) is 0 Å². The summed E-state index contributed by atoms with van der Waals surface area (Å²) >= 11 is 0. The number of halogens is 3. The van der Waals surface area contributed by atoms with E-state index in [2.05, 4.69) is 0 Å². The second-order valence-corrected chi connectivity index (χ2v) is 9.19. The van der Waals surface area contributed by atoms with Gasteiger partial charge in [-0.05, 0) is 12.8 Å². The summed E-state index contributed by atoms with van der Waals surface area (Å²) in [5.74, 6) is -2.60. The predicted octanol–water partition coefficient (Wildman–Crippen LogP) is -0.158. The topological polar surface area (TPSA) is 109 Å². The van der Waals surface area contributed by atoms with Gasteiger partial charge < -0.3 is 5.11 Å². The molecule has 21 heavy (non-hydrogen) atoms. The van der Waals surface area contributed by atoms with Crippen LogP contribution in [0, 0.1) is 0 Å². The third-order valence-corrected chi connectivity index (χ3v) is 6.96. The van der Waals surface area contributed by atoms with E-state index in [1.807, 2.05) is 0 Å². The number of hydrogen-bond acceptors (Lipinski definition) is 5. The van der Waals surface area contributed by atoms with E-state index in [1.54, 1.807) is 0 Å². The minimum atomic E-state index is -4.89. The molecule has 0 saturated carbocycles. The summed E-state index contributed by atoms with van der Waals surface area (Å²) in [6, 6.07) is 0. The summed E-state index contributed by atoms with van der Waals surface area (Å²) in [6.45, 7) is -3.23. The molecule has 124 valence electrons. The molecule has 12 heteroatoms. The van der Waals surface area contributed by atoms with Crippen molar-refractivity contribution in [2.24, 2.45) is 0 Å². The molecule has 1 aliphatic rings. The molecule has 0 aromatic carbocycles. The Hall–Kier alpha value is -0.880. The maximum Gasteiger partial charge on any atom is 0.402 e. The molecule has 0 spiro atoms. The van der Waals surface area contributed by atoms with Crippen molar-refractivity contribution < 1.29 is 39.9 Å². The first-order chi connectivity index (χ1) is 9.33. The van der Waals surface area contributed by atoms with Crippen molar-refractivity contribution in [1.29, 1.82) is 0 Å². The Morgan fingerprint density at radius 3 is 2.10 bits per heavy atom. The van der Waals surface area contributed by atoms with Crippen LogP contribution in [-0.2, 0) is 24.7 Å². The maximum absolute atomic E-state index is 12.4. The summed E-state index contributed by atoms with van der Waals surface area (Å²) in [6.07, 6.45) is -5.56. The van der Waals surface area contributed by atoms with Gasteiger partial charge in [0, 0.05) is 0 Å². The van der Waals surface area contributed by atoms with Gasteiger partial charge in [0.15, 0.2) is 0 Å². The van der Waals surface area contributed by atoms with E-state index >= 15 is 0 Å². The van der Waals surface area contributed by atoms with Crippen LogP contribution in [0.15, 0.2) is 0 Å². The summed E-state index contributed by atoms with van der Waals surface area (Å²) < 4.78 is 83.6. The standard InChI is InChI=1S/C9H14F3NO6S2/c10-9(11,12)6-13(5-8(14)15)21(18,19)7-1-3-20(16,17)4-2-7/h7H,1-6H2,(H,14,15). The highest BCUT2D eigenvalue weighted by molar-refractivity contribution is 7.92. The van der Waals surface area contributed by atoms with Crippen molar-refractivity contribution in [2.75, 3.05) is 24.6 Å². The van der Waals surface area contributed by atoms with Crippen molar-refractivity contribution in [3.05, 3.63) is 0 Å². The van der Waals surface area contributed by atoms with Crippen molar-refractivity contribution in [1.82, 2.24) is 4.31 Å². The molecule has 0 bridgehead atoms. The van der Waals surface area contributed by atoms with Crippen LogP contribution in [0.2, 0.25) is 0 Å². The molecule has 7 nitrogen and oxygen atoms in total. The number of alkyl halides is 3. The number of sulfone groups is 1. The number of carboxylic acid groups (broad SMARTS) is 1. The first kappa shape index (κ1) is 18.2. The Kier molecular flexibility index (Phi) is 5.26. The highest BCUT2D eigenvalue weighted by Crippen LogP contribution is 2.25. The zero-order valence-corrected chi connectivity index (χ0v) is 12.3. The summed E-state index contributed by atoms with van der Waals surface area (Å²) in [5.41, 5.74) is 0. The third kappa shape index (κ3) is 5.43. The highest BCUT2D eigenvalue weighted by atomic mass is 32.2. The minimum absolute atomic E-state index is 0.155. The normalized spacial score (nSPS) is 20.6. The average molecular weight is 353 g/mol. The first-order valence-electron chi connectivity index (χ1n) is 5.81. The van der Waals surface area contributed by atoms with Crippen LogP contribution in [0.4, 0.5) is 13.2 Å². The Bertz CT molecular complexity index is 583. The van der Waals surface area contributed by atoms with Gasteiger partial charge in [-0.25, -0.2) is 16.8 Å². The highest BCUT2D eigenvalue weighted by Gasteiger charge is 2.42. The molecular formula is C9H14F3NO6S2. The van der Waals surface area contributed by atoms with Crippen molar-refractivity contribution in [2.45, 2.75) is 24.3 Å². The van der Waals surface area contributed by atoms with E-state index in [-0.39, 0.29) is 17.1 Å². The van der Waals surface area contributed by atoms with Gasteiger partial charge in [-0.1, -0.05) is 0 Å². The quantitative estimate of drug-likeness (QED) is 0.736. The van der Waals surface area contributed by atoms with Crippen LogP contribution < -0.4 is 0 Å². The Labute approximate surface area is 119 Å². The van der Waals surface area contributed by atoms with Crippen molar-refractivity contribution in [3.63, 3.8) is 0 Å². The predicted molar refractivity (Wildman–Crippen MR) is 65.9 cm³/mol. The lowest BCUT2D eigenvalue weighted by Gasteiger charge is -2.29. The molecule has 0 amide bonds. The number of aliphatic carboxylic acids is 1. The molecule has 0 aromatic rings. The molecule has 1 saturated heterocycles. The lowest BCUT2D eigenvalue weighted by molar-refractivity contribution is -0.146. The number of carboxylic acids is 1. The maximum atomic E-state index is 12.4. The zero-order chi connectivity index (χ0) is 16.5. The fraction of sp³-hybridized carbons (Fsp3) is 0.889. The first-order valence-corrected chi connectivity index (χ1v) is 9.14. The number of nitrogens with zero attached hydrogens (tertiary/aromatic N) is 1. The molecule has 1 N–H and O–H groups in total. The minimum Gasteiger partial charge on any atom is -0.480 e. The Morgan fingerprint density at radius 1 is 1.24 bits per heavy atom. The van der Waals surface area contributed by atoms with Gasteiger partial charge in [0.1, 0.15) is 22.9 Å². The van der Waals surface area contributed by atoms with Crippen LogP contribution in [-0.4, -0.2) is 68.2 Å². The zero-order valence-electron chi connectivity index (χ0n) is 10.7. The Morgan fingerprint density at radius 2 is 1.71 bits per heavy atom. The van der Waals surface area contributed by atoms with E-state index < -0.39 is 61.9 Å². The lowest BCUT2D eigenvalue weighted by atomic mass is 10.2. The van der Waals surface area contributed by atoms with Crippen LogP contribution in [0.25, 0.3) is 0 Å². The van der Waals surface area contributed by atoms with E-state index in [0.29, 0.717) is 0 Å². The largest absolute Gasteiger partial charge is 0.480 e. The summed E-state index contributed by atoms with van der Waals surface area (Å²) in [7, 11) is -7.92. The van der Waals surface area contributed by atoms with Gasteiger partial charge in [0.05, 0.1) is 16.8 Å². The van der Waals surface area contributed by atoms with Crippen LogP contribution in [0.5, 0.6) is 0 Å². The molecule has 0 aromatic heterocycles. The van der Waals surface area contributed by atoms with Crippen LogP contribution >= 0.6 is 0 Å². The van der Waals surface area contributed by atoms with Crippen molar-refractivity contribution >= 4 is 25.8 Å². The summed E-state index contributed by atoms with van der Waals surface area (Å²) in [4.78, 5) is 10.6. The molecule has 0 atom stereocenters. The second kappa shape index (κ2) is 6.08. The van der Waals surface area contributed by atoms with Gasteiger partial charge in [0.25, 0.3) is 0 Å². The molecule has 0 aliphatic carbocycles. The van der Waals surface area contributed by atoms with E-state index in [0.717, 1.165) is 0 Å². The molecule has 0 radical (unpaired) electrons. The molecule has 1 heterocycles. The van der Waals surface area contributed by atoms with Crippen LogP contribution in [0.3, 0.4) is 0 Å². The van der Waals surface area contributed by atoms with Gasteiger partial charge in [-0.15, -0.1) is 0 Å². The van der Waals surface area contributed by atoms with Gasteiger partial charge >= 0.3 is 12.1 Å². The van der Waals surface area contributed by atoms with E-state index in [4.69, 9.17) is 5.11 Å². The third-order valence-electron chi connectivity index (χ3n) is 2.95. The average Bonchev–Trinajstić information content (AvgIpc) is 2.24. The summed E-state index contributed by atoms with van der Waals surface area (Å²) in [5, 5.41) is 7.24. The number of hydrogen-bond donors (Lipinski definition) is 1. The van der Waals surface area contributed by atoms with Gasteiger partial charge in [-0.3, -0.25) is 4.79 Å². The van der Waals surface area contributed by atoms with E-state index in [9.17, 15) is 34.8 Å². The fourth-order valence-corrected chi connectivity index (χ4v) is 5.62. The molecule has 1 aliphatic heterocycles. The van der Waals surface area contributed by atoms with Crippen LogP contribution in [0.1, 0.15) is 12.8 Å².